The molecule has 0 aromatic rings. The summed E-state index contributed by atoms with van der Waals surface area (Å²) in [6.07, 6.45) is 2.75. The van der Waals surface area contributed by atoms with Gasteiger partial charge in [0.15, 0.2) is 0 Å². The highest BCUT2D eigenvalue weighted by atomic mass is 15.2. The maximum absolute atomic E-state index is 3.38. The van der Waals surface area contributed by atoms with E-state index in [1.54, 1.807) is 0 Å². The number of hydrogen-bond acceptors (Lipinski definition) is 3. The molecule has 1 N–H and O–H groups in total. The van der Waals surface area contributed by atoms with Crippen LogP contribution in [0.2, 0.25) is 0 Å². The van der Waals surface area contributed by atoms with Gasteiger partial charge in [0.25, 0.3) is 0 Å². The molecule has 0 bridgehead atoms. The maximum atomic E-state index is 3.38. The maximum Gasteiger partial charge on any atom is 0.0220 e. The second kappa shape index (κ2) is 5.48. The minimum absolute atomic E-state index is 0.786. The van der Waals surface area contributed by atoms with E-state index >= 15 is 0 Å². The Bertz CT molecular complexity index is 215. The van der Waals surface area contributed by atoms with Crippen molar-refractivity contribution < 1.29 is 0 Å². The molecule has 0 aromatic heterocycles. The number of likely N-dealkylation sites (tertiary alicyclic amines) is 1. The van der Waals surface area contributed by atoms with Gasteiger partial charge in [0, 0.05) is 19.1 Å². The van der Waals surface area contributed by atoms with Crippen molar-refractivity contribution in [3.63, 3.8) is 0 Å². The molecule has 2 aliphatic rings. The van der Waals surface area contributed by atoms with Crippen LogP contribution in [-0.4, -0.2) is 62.7 Å². The predicted octanol–water partition coefficient (Wildman–Crippen LogP) is 0.868. The average molecular weight is 225 g/mol. The normalized spacial score (nSPS) is 30.4. The van der Waals surface area contributed by atoms with Crippen LogP contribution in [0.3, 0.4) is 0 Å². The topological polar surface area (TPSA) is 18.5 Å². The number of hydrogen-bond donors (Lipinski definition) is 1. The van der Waals surface area contributed by atoms with Crippen LogP contribution in [-0.2, 0) is 0 Å². The molecule has 2 heterocycles. The molecular weight excluding hydrogens is 198 g/mol. The fourth-order valence-electron chi connectivity index (χ4n) is 2.96. The first kappa shape index (κ1) is 12.3. The zero-order valence-corrected chi connectivity index (χ0v) is 11.1. The van der Waals surface area contributed by atoms with Gasteiger partial charge in [-0.25, -0.2) is 0 Å². The number of rotatable bonds is 4. The monoisotopic (exact) mass is 225 g/mol. The van der Waals surface area contributed by atoms with Gasteiger partial charge in [-0.2, -0.15) is 0 Å². The Morgan fingerprint density at radius 3 is 2.75 bits per heavy atom. The van der Waals surface area contributed by atoms with Gasteiger partial charge in [-0.1, -0.05) is 6.92 Å². The second-order valence-electron chi connectivity index (χ2n) is 5.89. The van der Waals surface area contributed by atoms with E-state index in [2.05, 4.69) is 36.1 Å². The summed E-state index contributed by atoms with van der Waals surface area (Å²) in [6, 6.07) is 0.786. The van der Waals surface area contributed by atoms with E-state index in [0.717, 1.165) is 17.9 Å². The molecule has 2 atom stereocenters. The molecule has 0 spiro atoms. The summed E-state index contributed by atoms with van der Waals surface area (Å²) in [5.74, 6) is 1.77. The van der Waals surface area contributed by atoms with Crippen molar-refractivity contribution in [1.29, 1.82) is 0 Å². The van der Waals surface area contributed by atoms with Crippen molar-refractivity contribution in [2.75, 3.05) is 46.8 Å². The molecule has 2 rings (SSSR count). The van der Waals surface area contributed by atoms with Crippen molar-refractivity contribution in [3.05, 3.63) is 0 Å². The molecule has 0 aromatic carbocycles. The first-order valence-electron chi connectivity index (χ1n) is 6.76. The predicted molar refractivity (Wildman–Crippen MR) is 68.7 cm³/mol. The largest absolute Gasteiger partial charge is 0.316 e. The molecule has 2 saturated heterocycles. The van der Waals surface area contributed by atoms with Crippen molar-refractivity contribution >= 4 is 0 Å². The summed E-state index contributed by atoms with van der Waals surface area (Å²) in [5.41, 5.74) is 0. The van der Waals surface area contributed by atoms with Gasteiger partial charge in [-0.05, 0) is 58.4 Å². The van der Waals surface area contributed by atoms with Crippen LogP contribution in [0.4, 0.5) is 0 Å². The quantitative estimate of drug-likeness (QED) is 0.766. The van der Waals surface area contributed by atoms with Gasteiger partial charge in [0.1, 0.15) is 0 Å². The van der Waals surface area contributed by atoms with Crippen molar-refractivity contribution in [2.24, 2.45) is 11.8 Å². The summed E-state index contributed by atoms with van der Waals surface area (Å²) in [7, 11) is 4.56. The van der Waals surface area contributed by atoms with Crippen LogP contribution in [0.1, 0.15) is 19.8 Å². The van der Waals surface area contributed by atoms with Crippen molar-refractivity contribution in [1.82, 2.24) is 15.1 Å². The molecule has 16 heavy (non-hydrogen) atoms. The first-order chi connectivity index (χ1) is 7.66. The smallest absolute Gasteiger partial charge is 0.0220 e. The highest BCUT2D eigenvalue weighted by molar-refractivity contribution is 4.83. The summed E-state index contributed by atoms with van der Waals surface area (Å²) in [5, 5.41) is 3.38. The fourth-order valence-corrected chi connectivity index (χ4v) is 2.96. The van der Waals surface area contributed by atoms with E-state index in [1.165, 1.54) is 45.6 Å². The SMILES string of the molecule is CC(CN(C)C1CCCN(C)C1)C1CNC1. The van der Waals surface area contributed by atoms with Gasteiger partial charge in [-0.3, -0.25) is 0 Å². The van der Waals surface area contributed by atoms with E-state index < -0.39 is 0 Å². The van der Waals surface area contributed by atoms with Crippen LogP contribution in [0.25, 0.3) is 0 Å². The third-order valence-electron chi connectivity index (χ3n) is 4.42. The second-order valence-corrected chi connectivity index (χ2v) is 5.89. The van der Waals surface area contributed by atoms with Crippen molar-refractivity contribution in [3.8, 4) is 0 Å². The zero-order valence-electron chi connectivity index (χ0n) is 11.1. The van der Waals surface area contributed by atoms with Gasteiger partial charge < -0.3 is 15.1 Å². The third-order valence-corrected chi connectivity index (χ3v) is 4.42. The Labute approximate surface area is 100 Å². The molecule has 0 amide bonds. The molecule has 2 unspecified atom stereocenters. The summed E-state index contributed by atoms with van der Waals surface area (Å²) >= 11 is 0. The summed E-state index contributed by atoms with van der Waals surface area (Å²) < 4.78 is 0. The standard InChI is InChI=1S/C13H27N3/c1-11(12-7-14-8-12)9-16(3)13-5-4-6-15(2)10-13/h11-14H,4-10H2,1-3H3. The lowest BCUT2D eigenvalue weighted by molar-refractivity contribution is 0.102. The van der Waals surface area contributed by atoms with Gasteiger partial charge in [0.2, 0.25) is 0 Å². The lowest BCUT2D eigenvalue weighted by atomic mass is 9.88. The minimum atomic E-state index is 0.786. The molecule has 3 heteroatoms. The van der Waals surface area contributed by atoms with Crippen molar-refractivity contribution in [2.45, 2.75) is 25.8 Å². The van der Waals surface area contributed by atoms with Crippen LogP contribution >= 0.6 is 0 Å². The fraction of sp³-hybridized carbons (Fsp3) is 1.00. The van der Waals surface area contributed by atoms with Gasteiger partial charge in [-0.15, -0.1) is 0 Å². The van der Waals surface area contributed by atoms with Crippen LogP contribution in [0.15, 0.2) is 0 Å². The Balaban J connectivity index is 1.75. The molecule has 94 valence electrons. The molecule has 3 nitrogen and oxygen atoms in total. The van der Waals surface area contributed by atoms with E-state index in [9.17, 15) is 0 Å². The molecule has 0 aliphatic carbocycles. The zero-order chi connectivity index (χ0) is 11.5. The van der Waals surface area contributed by atoms with Crippen LogP contribution < -0.4 is 5.32 Å². The third kappa shape index (κ3) is 2.96. The molecule has 2 aliphatic heterocycles. The van der Waals surface area contributed by atoms with E-state index in [-0.39, 0.29) is 0 Å². The van der Waals surface area contributed by atoms with Crippen LogP contribution in [0, 0.1) is 11.8 Å². The van der Waals surface area contributed by atoms with E-state index in [4.69, 9.17) is 0 Å². The molecule has 0 radical (unpaired) electrons. The van der Waals surface area contributed by atoms with Crippen LogP contribution in [0.5, 0.6) is 0 Å². The highest BCUT2D eigenvalue weighted by Gasteiger charge is 2.27. The Morgan fingerprint density at radius 2 is 2.19 bits per heavy atom. The Morgan fingerprint density at radius 1 is 1.44 bits per heavy atom. The first-order valence-corrected chi connectivity index (χ1v) is 6.76. The number of piperidine rings is 1. The van der Waals surface area contributed by atoms with Gasteiger partial charge >= 0.3 is 0 Å². The van der Waals surface area contributed by atoms with E-state index in [1.807, 2.05) is 0 Å². The Kier molecular flexibility index (Phi) is 4.22. The molecule has 2 fully saturated rings. The minimum Gasteiger partial charge on any atom is -0.316 e. The van der Waals surface area contributed by atoms with Gasteiger partial charge in [0.05, 0.1) is 0 Å². The summed E-state index contributed by atoms with van der Waals surface area (Å²) in [4.78, 5) is 5.07. The lowest BCUT2D eigenvalue weighted by Gasteiger charge is -2.40. The average Bonchev–Trinajstić information content (AvgIpc) is 2.14. The summed E-state index contributed by atoms with van der Waals surface area (Å²) in [6.45, 7) is 8.69. The number of nitrogens with zero attached hydrogens (tertiary/aromatic N) is 2. The molecule has 0 saturated carbocycles. The number of likely N-dealkylation sites (N-methyl/N-ethyl adjacent to an activating group) is 2. The Hall–Kier alpha value is -0.120. The number of nitrogens with one attached hydrogen (secondary N) is 1. The van der Waals surface area contributed by atoms with E-state index in [0.29, 0.717) is 0 Å². The highest BCUT2D eigenvalue weighted by Crippen LogP contribution is 2.20. The lowest BCUT2D eigenvalue weighted by Crippen LogP contribution is -2.51. The molecular formula is C13H27N3.